The van der Waals surface area contributed by atoms with Gasteiger partial charge in [0.1, 0.15) is 0 Å². The Kier molecular flexibility index (Phi) is 4.32. The zero-order valence-corrected chi connectivity index (χ0v) is 9.86. The predicted octanol–water partition coefficient (Wildman–Crippen LogP) is 1.50. The van der Waals surface area contributed by atoms with Gasteiger partial charge >= 0.3 is 0 Å². The van der Waals surface area contributed by atoms with Gasteiger partial charge in [0.15, 0.2) is 0 Å². The second-order valence-electron chi connectivity index (χ2n) is 3.80. The van der Waals surface area contributed by atoms with E-state index in [0.717, 1.165) is 6.42 Å². The molecule has 0 fully saturated rings. The molecule has 1 N–H and O–H groups in total. The molecule has 0 saturated carbocycles. The molecule has 1 aromatic rings. The van der Waals surface area contributed by atoms with E-state index < -0.39 is 8.32 Å². The summed E-state index contributed by atoms with van der Waals surface area (Å²) in [6, 6.07) is 10.3. The summed E-state index contributed by atoms with van der Waals surface area (Å²) < 4.78 is 5.83. The maximum absolute atomic E-state index is 8.67. The first kappa shape index (κ1) is 11.4. The van der Waals surface area contributed by atoms with Crippen molar-refractivity contribution in [2.24, 2.45) is 0 Å². The molecule has 0 saturated heterocycles. The Balaban J connectivity index is 2.56. The van der Waals surface area contributed by atoms with E-state index in [1.807, 2.05) is 18.2 Å². The van der Waals surface area contributed by atoms with Crippen LogP contribution in [0.2, 0.25) is 13.1 Å². The molecule has 0 unspecified atom stereocenters. The molecular weight excluding hydrogens is 192 g/mol. The van der Waals surface area contributed by atoms with Gasteiger partial charge in [0.2, 0.25) is 8.32 Å². The normalized spacial score (nSPS) is 11.6. The summed E-state index contributed by atoms with van der Waals surface area (Å²) in [7, 11) is -1.73. The fraction of sp³-hybridized carbons (Fsp3) is 0.455. The number of aliphatic hydroxyl groups is 1. The van der Waals surface area contributed by atoms with E-state index in [1.165, 1.54) is 5.19 Å². The Morgan fingerprint density at radius 3 is 2.43 bits per heavy atom. The van der Waals surface area contributed by atoms with Gasteiger partial charge in [0.05, 0.1) is 0 Å². The molecule has 0 aromatic heterocycles. The van der Waals surface area contributed by atoms with Crippen molar-refractivity contribution in [3.8, 4) is 0 Å². The SMILES string of the molecule is C[Si](C)(OCCCO)c1ccccc1. The monoisotopic (exact) mass is 210 g/mol. The number of hydrogen-bond donors (Lipinski definition) is 1. The summed E-state index contributed by atoms with van der Waals surface area (Å²) in [4.78, 5) is 0. The fourth-order valence-electron chi connectivity index (χ4n) is 1.31. The maximum Gasteiger partial charge on any atom is 0.218 e. The van der Waals surface area contributed by atoms with Crippen LogP contribution in [0.4, 0.5) is 0 Å². The lowest BCUT2D eigenvalue weighted by Gasteiger charge is -2.23. The third-order valence-corrected chi connectivity index (χ3v) is 4.88. The smallest absolute Gasteiger partial charge is 0.218 e. The van der Waals surface area contributed by atoms with Crippen LogP contribution in [0.3, 0.4) is 0 Å². The van der Waals surface area contributed by atoms with Gasteiger partial charge < -0.3 is 9.53 Å². The highest BCUT2D eigenvalue weighted by atomic mass is 28.4. The number of hydrogen-bond acceptors (Lipinski definition) is 2. The minimum atomic E-state index is -1.73. The van der Waals surface area contributed by atoms with Gasteiger partial charge in [-0.15, -0.1) is 0 Å². The predicted molar refractivity (Wildman–Crippen MR) is 61.2 cm³/mol. The summed E-state index contributed by atoms with van der Waals surface area (Å²) in [5.41, 5.74) is 0. The molecular formula is C11H18O2Si. The van der Waals surface area contributed by atoms with E-state index in [0.29, 0.717) is 6.61 Å². The summed E-state index contributed by atoms with van der Waals surface area (Å²) in [6.07, 6.45) is 0.725. The molecule has 3 heteroatoms. The summed E-state index contributed by atoms with van der Waals surface area (Å²) in [6.45, 7) is 5.23. The van der Waals surface area contributed by atoms with Crippen molar-refractivity contribution in [1.82, 2.24) is 0 Å². The topological polar surface area (TPSA) is 29.5 Å². The quantitative estimate of drug-likeness (QED) is 0.589. The zero-order chi connectivity index (χ0) is 10.4. The van der Waals surface area contributed by atoms with E-state index in [-0.39, 0.29) is 6.61 Å². The highest BCUT2D eigenvalue weighted by molar-refractivity contribution is 6.84. The Bertz CT molecular complexity index is 259. The summed E-state index contributed by atoms with van der Waals surface area (Å²) >= 11 is 0. The van der Waals surface area contributed by atoms with Crippen LogP contribution in [0.1, 0.15) is 6.42 Å². The van der Waals surface area contributed by atoms with Crippen LogP contribution in [-0.2, 0) is 4.43 Å². The second kappa shape index (κ2) is 5.29. The van der Waals surface area contributed by atoms with Crippen molar-refractivity contribution < 1.29 is 9.53 Å². The Morgan fingerprint density at radius 1 is 1.21 bits per heavy atom. The molecule has 1 rings (SSSR count). The van der Waals surface area contributed by atoms with Crippen LogP contribution in [-0.4, -0.2) is 26.6 Å². The first-order chi connectivity index (χ1) is 6.67. The highest BCUT2D eigenvalue weighted by Crippen LogP contribution is 2.05. The van der Waals surface area contributed by atoms with Gasteiger partial charge in [-0.05, 0) is 24.7 Å². The minimum absolute atomic E-state index is 0.208. The van der Waals surface area contributed by atoms with Gasteiger partial charge in [-0.2, -0.15) is 0 Å². The van der Waals surface area contributed by atoms with E-state index in [2.05, 4.69) is 25.2 Å². The fourth-order valence-corrected chi connectivity index (χ4v) is 3.13. The van der Waals surface area contributed by atoms with Gasteiger partial charge in [-0.3, -0.25) is 0 Å². The first-order valence-electron chi connectivity index (χ1n) is 4.97. The molecule has 0 atom stereocenters. The van der Waals surface area contributed by atoms with Crippen molar-refractivity contribution in [3.63, 3.8) is 0 Å². The Labute approximate surface area is 86.7 Å². The molecule has 0 bridgehead atoms. The van der Waals surface area contributed by atoms with Crippen molar-refractivity contribution in [3.05, 3.63) is 30.3 Å². The van der Waals surface area contributed by atoms with Crippen molar-refractivity contribution >= 4 is 13.5 Å². The van der Waals surface area contributed by atoms with E-state index >= 15 is 0 Å². The van der Waals surface area contributed by atoms with Gasteiger partial charge in [-0.1, -0.05) is 30.3 Å². The molecule has 14 heavy (non-hydrogen) atoms. The summed E-state index contributed by atoms with van der Waals surface area (Å²) in [5, 5.41) is 9.97. The van der Waals surface area contributed by atoms with Crippen LogP contribution in [0.25, 0.3) is 0 Å². The number of rotatable bonds is 5. The lowest BCUT2D eigenvalue weighted by atomic mass is 10.4. The molecule has 1 aromatic carbocycles. The Hall–Kier alpha value is -0.643. The van der Waals surface area contributed by atoms with Gasteiger partial charge in [-0.25, -0.2) is 0 Å². The van der Waals surface area contributed by atoms with E-state index in [4.69, 9.17) is 9.53 Å². The first-order valence-corrected chi connectivity index (χ1v) is 7.88. The molecule has 0 heterocycles. The molecule has 0 aliphatic carbocycles. The minimum Gasteiger partial charge on any atom is -0.413 e. The Morgan fingerprint density at radius 2 is 1.86 bits per heavy atom. The van der Waals surface area contributed by atoms with E-state index in [9.17, 15) is 0 Å². The van der Waals surface area contributed by atoms with Crippen LogP contribution >= 0.6 is 0 Å². The average molecular weight is 210 g/mol. The third kappa shape index (κ3) is 3.25. The maximum atomic E-state index is 8.67. The van der Waals surface area contributed by atoms with Crippen LogP contribution in [0, 0.1) is 0 Å². The number of aliphatic hydroxyl groups excluding tert-OH is 1. The molecule has 2 nitrogen and oxygen atoms in total. The van der Waals surface area contributed by atoms with Crippen LogP contribution in [0.15, 0.2) is 30.3 Å². The van der Waals surface area contributed by atoms with Crippen molar-refractivity contribution in [1.29, 1.82) is 0 Å². The number of benzene rings is 1. The second-order valence-corrected chi connectivity index (χ2v) is 7.69. The largest absolute Gasteiger partial charge is 0.413 e. The van der Waals surface area contributed by atoms with Crippen molar-refractivity contribution in [2.75, 3.05) is 13.2 Å². The van der Waals surface area contributed by atoms with Crippen molar-refractivity contribution in [2.45, 2.75) is 19.5 Å². The molecule has 0 aliphatic heterocycles. The summed E-state index contributed by atoms with van der Waals surface area (Å²) in [5.74, 6) is 0. The van der Waals surface area contributed by atoms with Crippen LogP contribution < -0.4 is 5.19 Å². The molecule has 0 spiro atoms. The van der Waals surface area contributed by atoms with E-state index in [1.54, 1.807) is 0 Å². The molecule has 78 valence electrons. The highest BCUT2D eigenvalue weighted by Gasteiger charge is 2.24. The van der Waals surface area contributed by atoms with Gasteiger partial charge in [0.25, 0.3) is 0 Å². The lowest BCUT2D eigenvalue weighted by molar-refractivity contribution is 0.232. The van der Waals surface area contributed by atoms with Gasteiger partial charge in [0, 0.05) is 13.2 Å². The average Bonchev–Trinajstić information content (AvgIpc) is 2.19. The van der Waals surface area contributed by atoms with Crippen LogP contribution in [0.5, 0.6) is 0 Å². The molecule has 0 aliphatic rings. The lowest BCUT2D eigenvalue weighted by Crippen LogP contribution is -2.44. The zero-order valence-electron chi connectivity index (χ0n) is 8.86. The third-order valence-electron chi connectivity index (χ3n) is 2.23. The molecule has 0 amide bonds. The molecule has 0 radical (unpaired) electrons. The standard InChI is InChI=1S/C11H18O2Si/c1-14(2,13-10-6-9-12)11-7-4-3-5-8-11/h3-5,7-8,12H,6,9-10H2,1-2H3.